The Morgan fingerprint density at radius 3 is 2.67 bits per heavy atom. The first-order valence-electron chi connectivity index (χ1n) is 6.84. The van der Waals surface area contributed by atoms with Crippen LogP contribution in [-0.4, -0.2) is 21.4 Å². The van der Waals surface area contributed by atoms with Crippen LogP contribution in [0.25, 0.3) is 6.08 Å². The molecule has 0 atom stereocenters. The molecule has 0 saturated heterocycles. The number of nitriles is 1. The molecule has 7 heteroatoms. The predicted molar refractivity (Wildman–Crippen MR) is 88.5 cm³/mol. The van der Waals surface area contributed by atoms with Gasteiger partial charge in [-0.1, -0.05) is 18.2 Å². The zero-order valence-electron chi connectivity index (χ0n) is 12.8. The summed E-state index contributed by atoms with van der Waals surface area (Å²) in [5, 5.41) is 8.82. The minimum atomic E-state index is -3.99. The van der Waals surface area contributed by atoms with Gasteiger partial charge >= 0.3 is 0 Å². The number of sulfonamides is 1. The lowest BCUT2D eigenvalue weighted by molar-refractivity contribution is -0.114. The number of benzene rings is 2. The summed E-state index contributed by atoms with van der Waals surface area (Å²) in [7, 11) is -2.57. The van der Waals surface area contributed by atoms with E-state index in [1.165, 1.54) is 31.4 Å². The molecule has 0 bridgehead atoms. The third-order valence-electron chi connectivity index (χ3n) is 3.03. The lowest BCUT2D eigenvalue weighted by Gasteiger charge is -2.06. The first kappa shape index (κ1) is 17.2. The van der Waals surface area contributed by atoms with Gasteiger partial charge in [0, 0.05) is 12.1 Å². The van der Waals surface area contributed by atoms with Crippen LogP contribution in [0, 0.1) is 11.3 Å². The highest BCUT2D eigenvalue weighted by Gasteiger charge is 2.16. The van der Waals surface area contributed by atoms with Crippen molar-refractivity contribution >= 4 is 22.0 Å². The van der Waals surface area contributed by atoms with E-state index in [4.69, 9.17) is 10.00 Å². The van der Waals surface area contributed by atoms with Gasteiger partial charge in [0.15, 0.2) is 0 Å². The van der Waals surface area contributed by atoms with Crippen molar-refractivity contribution in [3.8, 4) is 11.8 Å². The van der Waals surface area contributed by atoms with E-state index in [0.29, 0.717) is 16.9 Å². The van der Waals surface area contributed by atoms with Crippen molar-refractivity contribution in [2.75, 3.05) is 7.11 Å². The quantitative estimate of drug-likeness (QED) is 0.839. The predicted octanol–water partition coefficient (Wildman–Crippen LogP) is 2.09. The highest BCUT2D eigenvalue weighted by Crippen LogP contribution is 2.16. The average molecular weight is 342 g/mol. The Kier molecular flexibility index (Phi) is 5.35. The normalized spacial score (nSPS) is 11.0. The summed E-state index contributed by atoms with van der Waals surface area (Å²) in [6.07, 6.45) is 2.52. The third-order valence-corrected chi connectivity index (χ3v) is 4.37. The molecule has 0 radical (unpaired) electrons. The molecule has 0 saturated carbocycles. The molecule has 122 valence electrons. The van der Waals surface area contributed by atoms with Gasteiger partial charge in [-0.2, -0.15) is 5.26 Å². The summed E-state index contributed by atoms with van der Waals surface area (Å²) < 4.78 is 31.2. The summed E-state index contributed by atoms with van der Waals surface area (Å²) in [5.41, 5.74) is 1.06. The number of hydrogen-bond donors (Lipinski definition) is 1. The molecule has 6 nitrogen and oxygen atoms in total. The van der Waals surface area contributed by atoms with E-state index in [1.54, 1.807) is 30.3 Å². The fraction of sp³-hybridized carbons (Fsp3) is 0.0588. The van der Waals surface area contributed by atoms with Gasteiger partial charge in [-0.25, -0.2) is 13.1 Å². The van der Waals surface area contributed by atoms with Crippen LogP contribution in [0.15, 0.2) is 59.5 Å². The number of nitrogens with one attached hydrogen (secondary N) is 1. The van der Waals surface area contributed by atoms with E-state index < -0.39 is 15.9 Å². The van der Waals surface area contributed by atoms with Crippen LogP contribution in [0.1, 0.15) is 11.1 Å². The van der Waals surface area contributed by atoms with Crippen molar-refractivity contribution in [2.24, 2.45) is 0 Å². The molecule has 0 aliphatic carbocycles. The van der Waals surface area contributed by atoms with Crippen molar-refractivity contribution in [2.45, 2.75) is 4.90 Å². The van der Waals surface area contributed by atoms with E-state index in [9.17, 15) is 13.2 Å². The number of carbonyl (C=O) groups is 1. The Morgan fingerprint density at radius 2 is 1.96 bits per heavy atom. The number of methoxy groups -OCH3 is 1. The molecule has 0 aliphatic heterocycles. The number of ether oxygens (including phenoxy) is 1. The Morgan fingerprint density at radius 1 is 1.21 bits per heavy atom. The molecule has 0 fully saturated rings. The molecular weight excluding hydrogens is 328 g/mol. The Labute approximate surface area is 140 Å². The standard InChI is InChI=1S/C17H14N2O4S/c1-23-15-6-3-7-16(11-15)24(21,22)19-17(20)9-8-13-4-2-5-14(10-13)12-18/h2-11H,1H3,(H,19,20)/b9-8+. The second-order valence-electron chi connectivity index (χ2n) is 4.72. The fourth-order valence-electron chi connectivity index (χ4n) is 1.88. The van der Waals surface area contributed by atoms with Crippen molar-refractivity contribution in [3.05, 3.63) is 65.7 Å². The number of nitrogens with zero attached hydrogens (tertiary/aromatic N) is 1. The van der Waals surface area contributed by atoms with E-state index in [1.807, 2.05) is 10.8 Å². The van der Waals surface area contributed by atoms with Crippen LogP contribution in [0.4, 0.5) is 0 Å². The first-order valence-corrected chi connectivity index (χ1v) is 8.32. The zero-order chi connectivity index (χ0) is 17.6. The molecule has 24 heavy (non-hydrogen) atoms. The van der Waals surface area contributed by atoms with E-state index >= 15 is 0 Å². The van der Waals surface area contributed by atoms with Crippen molar-refractivity contribution in [3.63, 3.8) is 0 Å². The Balaban J connectivity index is 2.13. The van der Waals surface area contributed by atoms with Crippen molar-refractivity contribution in [1.82, 2.24) is 4.72 Å². The highest BCUT2D eigenvalue weighted by atomic mass is 32.2. The summed E-state index contributed by atoms with van der Waals surface area (Å²) in [6.45, 7) is 0. The van der Waals surface area contributed by atoms with Crippen LogP contribution >= 0.6 is 0 Å². The van der Waals surface area contributed by atoms with Gasteiger partial charge in [-0.05, 0) is 35.9 Å². The molecule has 1 amide bonds. The van der Waals surface area contributed by atoms with E-state index in [-0.39, 0.29) is 4.90 Å². The minimum absolute atomic E-state index is 0.0740. The summed E-state index contributed by atoms with van der Waals surface area (Å²) in [6, 6.07) is 14.4. The van der Waals surface area contributed by atoms with Crippen molar-refractivity contribution < 1.29 is 17.9 Å². The van der Waals surface area contributed by atoms with Crippen LogP contribution in [0.5, 0.6) is 5.75 Å². The number of rotatable bonds is 5. The van der Waals surface area contributed by atoms with Gasteiger partial charge in [0.1, 0.15) is 5.75 Å². The number of hydrogen-bond acceptors (Lipinski definition) is 5. The van der Waals surface area contributed by atoms with E-state index in [0.717, 1.165) is 6.08 Å². The second kappa shape index (κ2) is 7.44. The molecule has 0 spiro atoms. The average Bonchev–Trinajstić information content (AvgIpc) is 2.60. The SMILES string of the molecule is COc1cccc(S(=O)(=O)NC(=O)/C=C/c2cccc(C#N)c2)c1. The molecule has 1 N–H and O–H groups in total. The summed E-state index contributed by atoms with van der Waals surface area (Å²) >= 11 is 0. The topological polar surface area (TPSA) is 96.3 Å². The molecule has 0 unspecified atom stereocenters. The molecule has 0 aliphatic rings. The maximum Gasteiger partial charge on any atom is 0.264 e. The lowest BCUT2D eigenvalue weighted by Crippen LogP contribution is -2.28. The molecule has 2 rings (SSSR count). The summed E-state index contributed by atoms with van der Waals surface area (Å²) in [5.74, 6) is -0.422. The number of carbonyl (C=O) groups excluding carboxylic acids is 1. The molecule has 0 aromatic heterocycles. The Bertz CT molecular complexity index is 928. The van der Waals surface area contributed by atoms with Gasteiger partial charge in [-0.3, -0.25) is 4.79 Å². The monoisotopic (exact) mass is 342 g/mol. The van der Waals surface area contributed by atoms with Crippen LogP contribution < -0.4 is 9.46 Å². The lowest BCUT2D eigenvalue weighted by atomic mass is 10.1. The zero-order valence-corrected chi connectivity index (χ0v) is 13.6. The molecular formula is C17H14N2O4S. The van der Waals surface area contributed by atoms with Crippen LogP contribution in [-0.2, 0) is 14.8 Å². The van der Waals surface area contributed by atoms with Gasteiger partial charge < -0.3 is 4.74 Å². The molecule has 0 heterocycles. The van der Waals surface area contributed by atoms with Crippen molar-refractivity contribution in [1.29, 1.82) is 5.26 Å². The number of amides is 1. The third kappa shape index (κ3) is 4.44. The van der Waals surface area contributed by atoms with Gasteiger partial charge in [0.2, 0.25) is 0 Å². The van der Waals surface area contributed by atoms with Crippen LogP contribution in [0.3, 0.4) is 0 Å². The highest BCUT2D eigenvalue weighted by molar-refractivity contribution is 7.90. The maximum atomic E-state index is 12.2. The second-order valence-corrected chi connectivity index (χ2v) is 6.40. The summed E-state index contributed by atoms with van der Waals surface area (Å²) in [4.78, 5) is 11.8. The Hall–Kier alpha value is -3.11. The van der Waals surface area contributed by atoms with E-state index in [2.05, 4.69) is 0 Å². The molecule has 2 aromatic carbocycles. The van der Waals surface area contributed by atoms with Crippen LogP contribution in [0.2, 0.25) is 0 Å². The van der Waals surface area contributed by atoms with Gasteiger partial charge in [-0.15, -0.1) is 0 Å². The fourth-order valence-corrected chi connectivity index (χ4v) is 2.86. The maximum absolute atomic E-state index is 12.2. The smallest absolute Gasteiger partial charge is 0.264 e. The van der Waals surface area contributed by atoms with Gasteiger partial charge in [0.25, 0.3) is 15.9 Å². The largest absolute Gasteiger partial charge is 0.497 e. The minimum Gasteiger partial charge on any atom is -0.497 e. The molecule has 2 aromatic rings. The van der Waals surface area contributed by atoms with Gasteiger partial charge in [0.05, 0.1) is 23.6 Å². The first-order chi connectivity index (χ1) is 11.4.